The smallest absolute Gasteiger partial charge is 0.118 e. The van der Waals surface area contributed by atoms with Crippen molar-refractivity contribution in [3.8, 4) is 5.75 Å². The minimum absolute atomic E-state index is 0.0946. The first-order valence-electron chi connectivity index (χ1n) is 10.0. The summed E-state index contributed by atoms with van der Waals surface area (Å²) in [4.78, 5) is 0. The van der Waals surface area contributed by atoms with Crippen LogP contribution in [0.2, 0.25) is 0 Å². The highest BCUT2D eigenvalue weighted by molar-refractivity contribution is 5.28. The Balaban J connectivity index is 2.29. The Bertz CT molecular complexity index is 473. The zero-order valence-corrected chi connectivity index (χ0v) is 17.4. The molecule has 1 aromatic carbocycles. The fraction of sp³-hybridized carbons (Fsp3) is 0.727. The standard InChI is InChI=1S/C22H39NO3/c1-6-8-9-18(7-2)16-26-17-20(24)15-23-22(3,4)14-19-10-12-21(25-5)13-11-19/h10-13,18,20,23-24H,6-9,14-17H2,1-5H3/t18?,20-/m1/s1. The highest BCUT2D eigenvalue weighted by Gasteiger charge is 2.19. The van der Waals surface area contributed by atoms with Crippen LogP contribution >= 0.6 is 0 Å². The fourth-order valence-electron chi connectivity index (χ4n) is 3.04. The van der Waals surface area contributed by atoms with Gasteiger partial charge in [0, 0.05) is 18.7 Å². The van der Waals surface area contributed by atoms with Crippen molar-refractivity contribution in [3.05, 3.63) is 29.8 Å². The Morgan fingerprint density at radius 1 is 1.12 bits per heavy atom. The summed E-state index contributed by atoms with van der Waals surface area (Å²) < 4.78 is 11.0. The number of unbranched alkanes of at least 4 members (excludes halogenated alkanes) is 1. The van der Waals surface area contributed by atoms with Gasteiger partial charge in [0.15, 0.2) is 0 Å². The second kappa shape index (κ2) is 12.3. The summed E-state index contributed by atoms with van der Waals surface area (Å²) in [6, 6.07) is 8.14. The van der Waals surface area contributed by atoms with Gasteiger partial charge in [-0.2, -0.15) is 0 Å². The van der Waals surface area contributed by atoms with Gasteiger partial charge >= 0.3 is 0 Å². The molecule has 0 aliphatic rings. The summed E-state index contributed by atoms with van der Waals surface area (Å²) in [6.45, 7) is 10.4. The molecule has 1 aromatic rings. The zero-order chi connectivity index (χ0) is 19.4. The normalized spacial score (nSPS) is 14.2. The Kier molecular flexibility index (Phi) is 10.9. The third-order valence-corrected chi connectivity index (χ3v) is 4.83. The van der Waals surface area contributed by atoms with Crippen molar-refractivity contribution in [1.82, 2.24) is 5.32 Å². The van der Waals surface area contributed by atoms with Crippen LogP contribution in [0.3, 0.4) is 0 Å². The van der Waals surface area contributed by atoms with Crippen molar-refractivity contribution in [2.45, 2.75) is 71.4 Å². The monoisotopic (exact) mass is 365 g/mol. The highest BCUT2D eigenvalue weighted by Crippen LogP contribution is 2.17. The number of hydrogen-bond acceptors (Lipinski definition) is 4. The van der Waals surface area contributed by atoms with Gasteiger partial charge in [-0.3, -0.25) is 0 Å². The number of aliphatic hydroxyl groups is 1. The number of aliphatic hydroxyl groups excluding tert-OH is 1. The lowest BCUT2D eigenvalue weighted by atomic mass is 9.94. The molecule has 0 aliphatic heterocycles. The second-order valence-corrected chi connectivity index (χ2v) is 7.90. The van der Waals surface area contributed by atoms with E-state index in [2.05, 4.69) is 45.1 Å². The molecule has 0 saturated heterocycles. The van der Waals surface area contributed by atoms with Gasteiger partial charge in [0.25, 0.3) is 0 Å². The number of hydrogen-bond donors (Lipinski definition) is 2. The summed E-state index contributed by atoms with van der Waals surface area (Å²) in [6.07, 6.45) is 5.26. The van der Waals surface area contributed by atoms with Gasteiger partial charge in [-0.1, -0.05) is 45.2 Å². The van der Waals surface area contributed by atoms with Gasteiger partial charge in [0.1, 0.15) is 5.75 Å². The quantitative estimate of drug-likeness (QED) is 0.519. The summed E-state index contributed by atoms with van der Waals surface area (Å²) in [5.74, 6) is 1.48. The Morgan fingerprint density at radius 3 is 2.38 bits per heavy atom. The molecule has 2 atom stereocenters. The van der Waals surface area contributed by atoms with Crippen molar-refractivity contribution in [3.63, 3.8) is 0 Å². The first-order chi connectivity index (χ1) is 12.4. The lowest BCUT2D eigenvalue weighted by Crippen LogP contribution is -2.46. The van der Waals surface area contributed by atoms with E-state index in [-0.39, 0.29) is 5.54 Å². The van der Waals surface area contributed by atoms with E-state index in [0.29, 0.717) is 19.1 Å². The Labute approximate surface area is 160 Å². The molecule has 0 heterocycles. The maximum Gasteiger partial charge on any atom is 0.118 e. The molecule has 4 nitrogen and oxygen atoms in total. The minimum atomic E-state index is -0.478. The summed E-state index contributed by atoms with van der Waals surface area (Å²) in [7, 11) is 1.68. The zero-order valence-electron chi connectivity index (χ0n) is 17.4. The summed E-state index contributed by atoms with van der Waals surface area (Å²) >= 11 is 0. The third-order valence-electron chi connectivity index (χ3n) is 4.83. The summed E-state index contributed by atoms with van der Waals surface area (Å²) in [5, 5.41) is 13.7. The molecule has 0 bridgehead atoms. The predicted molar refractivity (Wildman–Crippen MR) is 109 cm³/mol. The van der Waals surface area contributed by atoms with Gasteiger partial charge in [0.2, 0.25) is 0 Å². The molecule has 2 N–H and O–H groups in total. The van der Waals surface area contributed by atoms with Crippen LogP contribution in [-0.4, -0.2) is 43.6 Å². The van der Waals surface area contributed by atoms with Crippen LogP contribution in [0.1, 0.15) is 58.9 Å². The Morgan fingerprint density at radius 2 is 1.81 bits per heavy atom. The average molecular weight is 366 g/mol. The van der Waals surface area contributed by atoms with Crippen molar-refractivity contribution < 1.29 is 14.6 Å². The van der Waals surface area contributed by atoms with Crippen LogP contribution in [0.15, 0.2) is 24.3 Å². The first-order valence-corrected chi connectivity index (χ1v) is 10.0. The fourth-order valence-corrected chi connectivity index (χ4v) is 3.04. The topological polar surface area (TPSA) is 50.7 Å². The molecule has 0 aliphatic carbocycles. The summed E-state index contributed by atoms with van der Waals surface area (Å²) in [5.41, 5.74) is 1.15. The van der Waals surface area contributed by atoms with E-state index in [9.17, 15) is 5.11 Å². The maximum atomic E-state index is 10.2. The number of β-amino-alcohol motifs (C(OH)–C–C–N with tert-alkyl or cyclic N) is 1. The van der Waals surface area contributed by atoms with E-state index in [1.54, 1.807) is 7.11 Å². The van der Waals surface area contributed by atoms with E-state index in [1.165, 1.54) is 24.8 Å². The van der Waals surface area contributed by atoms with Crippen LogP contribution < -0.4 is 10.1 Å². The van der Waals surface area contributed by atoms with Crippen LogP contribution in [0.25, 0.3) is 0 Å². The van der Waals surface area contributed by atoms with Gasteiger partial charge < -0.3 is 19.9 Å². The molecule has 1 unspecified atom stereocenters. The van der Waals surface area contributed by atoms with Crippen LogP contribution in [0, 0.1) is 5.92 Å². The van der Waals surface area contributed by atoms with E-state index in [4.69, 9.17) is 9.47 Å². The van der Waals surface area contributed by atoms with Crippen molar-refractivity contribution in [1.29, 1.82) is 0 Å². The SMILES string of the molecule is CCCCC(CC)COC[C@H](O)CNC(C)(C)Cc1ccc(OC)cc1. The molecule has 0 aromatic heterocycles. The van der Waals surface area contributed by atoms with Gasteiger partial charge in [-0.25, -0.2) is 0 Å². The first kappa shape index (κ1) is 22.9. The number of methoxy groups -OCH3 is 1. The molecule has 0 saturated carbocycles. The largest absolute Gasteiger partial charge is 0.497 e. The molecule has 4 heteroatoms. The molecule has 26 heavy (non-hydrogen) atoms. The lowest BCUT2D eigenvalue weighted by Gasteiger charge is -2.28. The molecule has 0 fully saturated rings. The molecule has 1 rings (SSSR count). The Hall–Kier alpha value is -1.10. The van der Waals surface area contributed by atoms with Gasteiger partial charge in [-0.15, -0.1) is 0 Å². The molecule has 150 valence electrons. The molecular weight excluding hydrogens is 326 g/mol. The van der Waals surface area contributed by atoms with Crippen LogP contribution in [0.5, 0.6) is 5.75 Å². The number of rotatable bonds is 14. The van der Waals surface area contributed by atoms with Crippen molar-refractivity contribution >= 4 is 0 Å². The highest BCUT2D eigenvalue weighted by atomic mass is 16.5. The number of ether oxygens (including phenoxy) is 2. The average Bonchev–Trinajstić information content (AvgIpc) is 2.63. The molecule has 0 radical (unpaired) electrons. The number of nitrogens with one attached hydrogen (secondary N) is 1. The van der Waals surface area contributed by atoms with Crippen molar-refractivity contribution in [2.75, 3.05) is 26.9 Å². The van der Waals surface area contributed by atoms with E-state index in [0.717, 1.165) is 25.2 Å². The van der Waals surface area contributed by atoms with E-state index in [1.807, 2.05) is 12.1 Å². The van der Waals surface area contributed by atoms with Gasteiger partial charge in [0.05, 0.1) is 19.8 Å². The van der Waals surface area contributed by atoms with Crippen molar-refractivity contribution in [2.24, 2.45) is 5.92 Å². The van der Waals surface area contributed by atoms with Crippen LogP contribution in [-0.2, 0) is 11.2 Å². The molecular formula is C22H39NO3. The predicted octanol–water partition coefficient (Wildman–Crippen LogP) is 4.20. The van der Waals surface area contributed by atoms with E-state index < -0.39 is 6.10 Å². The minimum Gasteiger partial charge on any atom is -0.497 e. The third kappa shape index (κ3) is 9.56. The molecule has 0 spiro atoms. The van der Waals surface area contributed by atoms with E-state index >= 15 is 0 Å². The second-order valence-electron chi connectivity index (χ2n) is 7.90. The number of benzene rings is 1. The van der Waals surface area contributed by atoms with Gasteiger partial charge in [-0.05, 0) is 50.3 Å². The lowest BCUT2D eigenvalue weighted by molar-refractivity contribution is 0.0167. The maximum absolute atomic E-state index is 10.2. The molecule has 0 amide bonds. The van der Waals surface area contributed by atoms with Crippen LogP contribution in [0.4, 0.5) is 0 Å².